The van der Waals surface area contributed by atoms with Gasteiger partial charge in [0.25, 0.3) is 5.92 Å². The molecular formula is C28H31F5N6O6S2. The molecule has 1 atom stereocenters. The summed E-state index contributed by atoms with van der Waals surface area (Å²) in [7, 11) is -4.50. The number of halogens is 5. The van der Waals surface area contributed by atoms with Crippen molar-refractivity contribution < 1.29 is 49.8 Å². The first-order valence-corrected chi connectivity index (χ1v) is 16.3. The molecule has 4 rings (SSSR count). The molecule has 0 radical (unpaired) electrons. The van der Waals surface area contributed by atoms with E-state index in [0.717, 1.165) is 39.9 Å². The van der Waals surface area contributed by atoms with Crippen LogP contribution in [-0.4, -0.2) is 76.9 Å². The molecule has 1 aromatic heterocycles. The Kier molecular flexibility index (Phi) is 10.4. The van der Waals surface area contributed by atoms with Crippen LogP contribution in [0.4, 0.5) is 31.9 Å². The molecular weight excluding hydrogens is 675 g/mol. The predicted molar refractivity (Wildman–Crippen MR) is 159 cm³/mol. The third kappa shape index (κ3) is 8.91. The molecule has 3 aromatic rings. The van der Waals surface area contributed by atoms with Crippen LogP contribution in [0.25, 0.3) is 0 Å². The maximum Gasteiger partial charge on any atom is 0.573 e. The fraction of sp³-hybridized carbons (Fsp3) is 0.429. The first kappa shape index (κ1) is 35.9. The van der Waals surface area contributed by atoms with Crippen LogP contribution in [0.1, 0.15) is 43.3 Å². The molecule has 47 heavy (non-hydrogen) atoms. The quantitative estimate of drug-likeness (QED) is 0.263. The Balaban J connectivity index is 1.55. The van der Waals surface area contributed by atoms with Crippen molar-refractivity contribution in [3.63, 3.8) is 0 Å². The van der Waals surface area contributed by atoms with Crippen molar-refractivity contribution in [1.29, 1.82) is 0 Å². The molecule has 1 aliphatic heterocycles. The van der Waals surface area contributed by atoms with Gasteiger partial charge in [-0.25, -0.2) is 22.0 Å². The average Bonchev–Trinajstić information content (AvgIpc) is 3.48. The van der Waals surface area contributed by atoms with Gasteiger partial charge >= 0.3 is 12.4 Å². The van der Waals surface area contributed by atoms with Gasteiger partial charge in [-0.3, -0.25) is 10.1 Å². The van der Waals surface area contributed by atoms with Gasteiger partial charge in [0.05, 0.1) is 4.90 Å². The summed E-state index contributed by atoms with van der Waals surface area (Å²) in [5.74, 6) is -4.52. The highest BCUT2D eigenvalue weighted by Gasteiger charge is 2.42. The van der Waals surface area contributed by atoms with E-state index in [1.165, 1.54) is 49.9 Å². The van der Waals surface area contributed by atoms with Crippen LogP contribution in [0.2, 0.25) is 0 Å². The number of carbonyl (C=O) groups is 2. The zero-order valence-electron chi connectivity index (χ0n) is 25.2. The van der Waals surface area contributed by atoms with Gasteiger partial charge in [-0.2, -0.15) is 4.31 Å². The number of sulfonamides is 1. The van der Waals surface area contributed by atoms with Crippen LogP contribution >= 0.6 is 11.3 Å². The van der Waals surface area contributed by atoms with E-state index in [9.17, 15) is 45.1 Å². The molecule has 2 aromatic carbocycles. The number of alkyl halides is 5. The predicted octanol–water partition coefficient (Wildman–Crippen LogP) is 4.39. The average molecular weight is 707 g/mol. The molecule has 2 heterocycles. The lowest BCUT2D eigenvalue weighted by atomic mass is 10.0. The van der Waals surface area contributed by atoms with E-state index in [1.54, 1.807) is 0 Å². The summed E-state index contributed by atoms with van der Waals surface area (Å²) in [6.45, 7) is 3.13. The Morgan fingerprint density at radius 3 is 2.21 bits per heavy atom. The summed E-state index contributed by atoms with van der Waals surface area (Å²) in [6, 6.07) is 6.40. The van der Waals surface area contributed by atoms with E-state index in [2.05, 4.69) is 25.6 Å². The minimum Gasteiger partial charge on any atom is -0.406 e. The Hall–Kier alpha value is -3.94. The topological polar surface area (TPSA) is 154 Å². The number of anilines is 1. The minimum atomic E-state index is -5.00. The van der Waals surface area contributed by atoms with E-state index in [4.69, 9.17) is 0 Å². The van der Waals surface area contributed by atoms with Crippen molar-refractivity contribution in [1.82, 2.24) is 24.7 Å². The monoisotopic (exact) mass is 706 g/mol. The summed E-state index contributed by atoms with van der Waals surface area (Å²) < 4.78 is 97.8. The highest BCUT2D eigenvalue weighted by molar-refractivity contribution is 7.89. The van der Waals surface area contributed by atoms with Gasteiger partial charge in [-0.1, -0.05) is 42.5 Å². The number of amides is 3. The molecule has 12 nitrogen and oxygen atoms in total. The molecule has 0 spiro atoms. The number of carbonyl (C=O) groups excluding carboxylic acids is 2. The molecule has 1 aliphatic rings. The van der Waals surface area contributed by atoms with E-state index in [1.807, 2.05) is 0 Å². The summed E-state index contributed by atoms with van der Waals surface area (Å²) in [6.07, 6.45) is -5.40. The van der Waals surface area contributed by atoms with Crippen LogP contribution in [0.5, 0.6) is 5.75 Å². The number of urea groups is 1. The van der Waals surface area contributed by atoms with Crippen LogP contribution in [0.15, 0.2) is 53.4 Å². The second-order valence-corrected chi connectivity index (χ2v) is 13.8. The molecule has 0 unspecified atom stereocenters. The lowest BCUT2D eigenvalue weighted by Crippen LogP contribution is -2.61. The van der Waals surface area contributed by atoms with Crippen molar-refractivity contribution in [3.8, 4) is 5.75 Å². The molecule has 1 fully saturated rings. The largest absolute Gasteiger partial charge is 0.573 e. The summed E-state index contributed by atoms with van der Waals surface area (Å²) in [5, 5.41) is 23.1. The second kappa shape index (κ2) is 13.7. The van der Waals surface area contributed by atoms with Crippen molar-refractivity contribution in [2.24, 2.45) is 0 Å². The van der Waals surface area contributed by atoms with Crippen LogP contribution in [-0.2, 0) is 32.9 Å². The number of aliphatic hydroxyl groups is 1. The number of hydrogen-bond donors (Lipinski definition) is 3. The van der Waals surface area contributed by atoms with Crippen LogP contribution in [0.3, 0.4) is 0 Å². The third-order valence-electron chi connectivity index (χ3n) is 7.03. The first-order valence-electron chi connectivity index (χ1n) is 14.0. The number of piperazine rings is 1. The number of hydrogen-bond acceptors (Lipinski definition) is 9. The lowest BCUT2D eigenvalue weighted by molar-refractivity contribution is -0.274. The maximum absolute atomic E-state index is 14.0. The van der Waals surface area contributed by atoms with Gasteiger partial charge in [-0.15, -0.1) is 23.4 Å². The summed E-state index contributed by atoms with van der Waals surface area (Å²) >= 11 is 0.911. The van der Waals surface area contributed by atoms with Gasteiger partial charge in [0.1, 0.15) is 22.4 Å². The SMILES string of the molecule is CCC(F)(F)c1ccc(CNC(=O)[C@H]2CN(C(=O)Nc3nnc(C(C)(C)O)s3)CCN2S(=O)(=O)c2ccc(OC(F)(F)F)cc2)cc1. The number of ether oxygens (including phenoxy) is 1. The van der Waals surface area contributed by atoms with Crippen LogP contribution < -0.4 is 15.4 Å². The van der Waals surface area contributed by atoms with Gasteiger partial charge in [0.2, 0.25) is 21.1 Å². The molecule has 1 saturated heterocycles. The highest BCUT2D eigenvalue weighted by Crippen LogP contribution is 2.32. The molecule has 3 amide bonds. The Morgan fingerprint density at radius 2 is 1.66 bits per heavy atom. The number of benzene rings is 2. The Labute approximate surface area is 270 Å². The van der Waals surface area contributed by atoms with Gasteiger partial charge < -0.3 is 20.1 Å². The first-order chi connectivity index (χ1) is 21.8. The molecule has 0 aliphatic carbocycles. The van der Waals surface area contributed by atoms with Crippen molar-refractivity contribution in [3.05, 3.63) is 64.7 Å². The summed E-state index contributed by atoms with van der Waals surface area (Å²) in [5.41, 5.74) is -1.09. The van der Waals surface area contributed by atoms with E-state index < -0.39 is 69.5 Å². The fourth-order valence-corrected chi connectivity index (χ4v) is 6.77. The summed E-state index contributed by atoms with van der Waals surface area (Å²) in [4.78, 5) is 27.4. The Bertz CT molecular complexity index is 1680. The van der Waals surface area contributed by atoms with Crippen molar-refractivity contribution >= 4 is 38.4 Å². The zero-order chi connectivity index (χ0) is 34.8. The number of nitrogens with zero attached hydrogens (tertiary/aromatic N) is 4. The maximum atomic E-state index is 14.0. The molecule has 0 bridgehead atoms. The van der Waals surface area contributed by atoms with Crippen LogP contribution in [0, 0.1) is 0 Å². The number of nitrogens with one attached hydrogen (secondary N) is 2. The lowest BCUT2D eigenvalue weighted by Gasteiger charge is -2.39. The highest BCUT2D eigenvalue weighted by atomic mass is 32.2. The van der Waals surface area contributed by atoms with E-state index in [0.29, 0.717) is 5.56 Å². The third-order valence-corrected chi connectivity index (χ3v) is 10.1. The van der Waals surface area contributed by atoms with Gasteiger partial charge in [0, 0.05) is 38.2 Å². The van der Waals surface area contributed by atoms with Crippen molar-refractivity contribution in [2.45, 2.75) is 62.6 Å². The fourth-order valence-electron chi connectivity index (χ4n) is 4.47. The number of aromatic nitrogens is 2. The van der Waals surface area contributed by atoms with E-state index in [-0.39, 0.29) is 35.3 Å². The standard InChI is InChI=1S/C28H31F5N6O6S2/c1-4-27(29,30)18-7-5-17(6-8-18)15-34-22(40)21-16-38(25(41)35-24-37-36-23(46-24)26(2,3)42)13-14-39(21)47(43,44)20-11-9-19(10-12-20)45-28(31,32)33/h5-12,21,42H,4,13-16H2,1-3H3,(H,34,40)(H,35,37,41)/t21-/m1/s1. The van der Waals surface area contributed by atoms with E-state index >= 15 is 0 Å². The molecule has 256 valence electrons. The smallest absolute Gasteiger partial charge is 0.406 e. The van der Waals surface area contributed by atoms with Gasteiger partial charge in [0.15, 0.2) is 0 Å². The molecule has 19 heteroatoms. The number of rotatable bonds is 10. The van der Waals surface area contributed by atoms with Gasteiger partial charge in [-0.05, 0) is 43.7 Å². The normalized spacial score (nSPS) is 16.5. The molecule has 3 N–H and O–H groups in total. The Morgan fingerprint density at radius 1 is 1.02 bits per heavy atom. The van der Waals surface area contributed by atoms with Crippen molar-refractivity contribution in [2.75, 3.05) is 25.0 Å². The zero-order valence-corrected chi connectivity index (χ0v) is 26.8. The minimum absolute atomic E-state index is 0.0430. The second-order valence-electron chi connectivity index (χ2n) is 11.0. The molecule has 0 saturated carbocycles.